The number of methoxy groups -OCH3 is 1. The molecule has 1 atom stereocenters. The summed E-state index contributed by atoms with van der Waals surface area (Å²) in [5.41, 5.74) is 0.875. The molecule has 3 rings (SSSR count). The van der Waals surface area contributed by atoms with Crippen LogP contribution in [0.4, 0.5) is 0 Å². The van der Waals surface area contributed by atoms with Crippen LogP contribution in [-0.2, 0) is 22.7 Å². The minimum absolute atomic E-state index is 0.171. The normalized spacial score (nSPS) is 11.4. The summed E-state index contributed by atoms with van der Waals surface area (Å²) in [5.74, 6) is 1.38. The van der Waals surface area contributed by atoms with Crippen LogP contribution >= 0.6 is 0 Å². The summed E-state index contributed by atoms with van der Waals surface area (Å²) in [6.45, 7) is 2.04. The lowest BCUT2D eigenvalue weighted by molar-refractivity contribution is -0.142. The lowest BCUT2D eigenvalue weighted by atomic mass is 10.1. The molecule has 0 radical (unpaired) electrons. The first-order valence-corrected chi connectivity index (χ1v) is 9.97. The van der Waals surface area contributed by atoms with Gasteiger partial charge in [0.05, 0.1) is 19.9 Å². The van der Waals surface area contributed by atoms with Crippen LogP contribution < -0.4 is 14.8 Å². The van der Waals surface area contributed by atoms with E-state index in [1.807, 2.05) is 42.5 Å². The molecule has 162 valence electrons. The van der Waals surface area contributed by atoms with E-state index < -0.39 is 6.04 Å². The van der Waals surface area contributed by atoms with E-state index in [2.05, 4.69) is 5.32 Å². The van der Waals surface area contributed by atoms with Gasteiger partial charge in [-0.2, -0.15) is 0 Å². The highest BCUT2D eigenvalue weighted by molar-refractivity contribution is 5.87. The quantitative estimate of drug-likeness (QED) is 0.542. The molecule has 0 bridgehead atoms. The number of amides is 2. The van der Waals surface area contributed by atoms with Crippen molar-refractivity contribution in [2.75, 3.05) is 13.7 Å². The van der Waals surface area contributed by atoms with Gasteiger partial charge in [0.15, 0.2) is 6.61 Å². The van der Waals surface area contributed by atoms with E-state index in [1.165, 1.54) is 4.90 Å². The second kappa shape index (κ2) is 10.9. The molecule has 2 amide bonds. The Morgan fingerprint density at radius 3 is 2.39 bits per heavy atom. The number of ether oxygens (including phenoxy) is 2. The Morgan fingerprint density at radius 2 is 1.74 bits per heavy atom. The SMILES string of the molecule is COc1ccc(CN(C(=O)COc2ccccc2)C(C)C(=O)NCc2ccco2)cc1. The lowest BCUT2D eigenvalue weighted by Gasteiger charge is -2.28. The van der Waals surface area contributed by atoms with E-state index in [4.69, 9.17) is 13.9 Å². The number of hydrogen-bond acceptors (Lipinski definition) is 5. The molecular formula is C24H26N2O5. The molecule has 0 saturated carbocycles. The Kier molecular flexibility index (Phi) is 7.70. The first-order chi connectivity index (χ1) is 15.1. The fourth-order valence-electron chi connectivity index (χ4n) is 2.99. The summed E-state index contributed by atoms with van der Waals surface area (Å²) >= 11 is 0. The Bertz CT molecular complexity index is 955. The summed E-state index contributed by atoms with van der Waals surface area (Å²) in [7, 11) is 1.59. The topological polar surface area (TPSA) is 81.0 Å². The summed E-state index contributed by atoms with van der Waals surface area (Å²) in [4.78, 5) is 27.2. The van der Waals surface area contributed by atoms with E-state index >= 15 is 0 Å². The van der Waals surface area contributed by atoms with Gasteiger partial charge in [-0.15, -0.1) is 0 Å². The van der Waals surface area contributed by atoms with E-state index in [1.54, 1.807) is 44.6 Å². The third-order valence-electron chi connectivity index (χ3n) is 4.80. The number of carbonyl (C=O) groups is 2. The maximum atomic E-state index is 13.0. The number of nitrogens with one attached hydrogen (secondary N) is 1. The Hall–Kier alpha value is -3.74. The first kappa shape index (κ1) is 22.0. The van der Waals surface area contributed by atoms with E-state index in [9.17, 15) is 9.59 Å². The van der Waals surface area contributed by atoms with E-state index in [-0.39, 0.29) is 31.5 Å². The van der Waals surface area contributed by atoms with Crippen LogP contribution in [-0.4, -0.2) is 36.5 Å². The standard InChI is InChI=1S/C24H26N2O5/c1-18(24(28)25-15-22-9-6-14-30-22)26(16-19-10-12-20(29-2)13-11-19)23(27)17-31-21-7-4-3-5-8-21/h3-14,18H,15-17H2,1-2H3,(H,25,28). The van der Waals surface area contributed by atoms with Crippen molar-refractivity contribution in [1.82, 2.24) is 10.2 Å². The Balaban J connectivity index is 1.69. The summed E-state index contributed by atoms with van der Waals surface area (Å²) in [6.07, 6.45) is 1.55. The van der Waals surface area contributed by atoms with Crippen molar-refractivity contribution in [3.05, 3.63) is 84.3 Å². The number of furan rings is 1. The third kappa shape index (κ3) is 6.37. The highest BCUT2D eigenvalue weighted by atomic mass is 16.5. The van der Waals surface area contributed by atoms with Crippen molar-refractivity contribution in [1.29, 1.82) is 0 Å². The van der Waals surface area contributed by atoms with Crippen LogP contribution in [0, 0.1) is 0 Å². The fourth-order valence-corrected chi connectivity index (χ4v) is 2.99. The predicted octanol–water partition coefficient (Wildman–Crippen LogP) is 3.40. The molecule has 0 saturated heterocycles. The Labute approximate surface area is 181 Å². The average Bonchev–Trinajstić information content (AvgIpc) is 3.34. The van der Waals surface area contributed by atoms with Crippen LogP contribution in [0.2, 0.25) is 0 Å². The van der Waals surface area contributed by atoms with Gasteiger partial charge in [0, 0.05) is 6.54 Å². The van der Waals surface area contributed by atoms with Gasteiger partial charge >= 0.3 is 0 Å². The number of hydrogen-bond donors (Lipinski definition) is 1. The molecule has 0 aliphatic heterocycles. The molecule has 2 aromatic carbocycles. The molecule has 31 heavy (non-hydrogen) atoms. The van der Waals surface area contributed by atoms with Gasteiger partial charge < -0.3 is 24.1 Å². The predicted molar refractivity (Wildman–Crippen MR) is 115 cm³/mol. The van der Waals surface area contributed by atoms with Crippen molar-refractivity contribution < 1.29 is 23.5 Å². The zero-order valence-electron chi connectivity index (χ0n) is 17.6. The highest BCUT2D eigenvalue weighted by Gasteiger charge is 2.26. The van der Waals surface area contributed by atoms with E-state index in [0.717, 1.165) is 11.3 Å². The van der Waals surface area contributed by atoms with Crippen molar-refractivity contribution >= 4 is 11.8 Å². The zero-order chi connectivity index (χ0) is 22.1. The number of nitrogens with zero attached hydrogens (tertiary/aromatic N) is 1. The molecule has 3 aromatic rings. The van der Waals surface area contributed by atoms with Gasteiger partial charge in [-0.25, -0.2) is 0 Å². The summed E-state index contributed by atoms with van der Waals surface area (Å²) in [6, 6.07) is 19.3. The number of para-hydroxylation sites is 1. The molecule has 0 aliphatic rings. The third-order valence-corrected chi connectivity index (χ3v) is 4.80. The van der Waals surface area contributed by atoms with Gasteiger partial charge in [-0.05, 0) is 48.9 Å². The maximum absolute atomic E-state index is 13.0. The number of rotatable bonds is 10. The first-order valence-electron chi connectivity index (χ1n) is 9.97. The van der Waals surface area contributed by atoms with Crippen LogP contribution in [0.5, 0.6) is 11.5 Å². The monoisotopic (exact) mass is 422 g/mol. The van der Waals surface area contributed by atoms with Crippen molar-refractivity contribution in [3.63, 3.8) is 0 Å². The molecule has 1 aromatic heterocycles. The van der Waals surface area contributed by atoms with Gasteiger partial charge in [0.1, 0.15) is 23.3 Å². The van der Waals surface area contributed by atoms with Crippen molar-refractivity contribution in [2.24, 2.45) is 0 Å². The van der Waals surface area contributed by atoms with Gasteiger partial charge in [-0.1, -0.05) is 30.3 Å². The minimum atomic E-state index is -0.705. The molecule has 1 unspecified atom stereocenters. The molecule has 7 heteroatoms. The molecule has 0 spiro atoms. The zero-order valence-corrected chi connectivity index (χ0v) is 17.6. The molecular weight excluding hydrogens is 396 g/mol. The molecule has 7 nitrogen and oxygen atoms in total. The number of benzene rings is 2. The number of carbonyl (C=O) groups excluding carboxylic acids is 2. The van der Waals surface area contributed by atoms with Crippen LogP contribution in [0.25, 0.3) is 0 Å². The van der Waals surface area contributed by atoms with Crippen LogP contribution in [0.3, 0.4) is 0 Å². The molecule has 1 N–H and O–H groups in total. The second-order valence-corrected chi connectivity index (χ2v) is 6.94. The minimum Gasteiger partial charge on any atom is -0.497 e. The summed E-state index contributed by atoms with van der Waals surface area (Å²) in [5, 5.41) is 2.81. The largest absolute Gasteiger partial charge is 0.497 e. The van der Waals surface area contributed by atoms with Crippen molar-refractivity contribution in [3.8, 4) is 11.5 Å². The Morgan fingerprint density at radius 1 is 1.00 bits per heavy atom. The van der Waals surface area contributed by atoms with Crippen molar-refractivity contribution in [2.45, 2.75) is 26.1 Å². The highest BCUT2D eigenvalue weighted by Crippen LogP contribution is 2.16. The van der Waals surface area contributed by atoms with E-state index in [0.29, 0.717) is 11.5 Å². The van der Waals surface area contributed by atoms with Crippen LogP contribution in [0.1, 0.15) is 18.2 Å². The lowest BCUT2D eigenvalue weighted by Crippen LogP contribution is -2.48. The van der Waals surface area contributed by atoms with Gasteiger partial charge in [-0.3, -0.25) is 9.59 Å². The second-order valence-electron chi connectivity index (χ2n) is 6.94. The smallest absolute Gasteiger partial charge is 0.261 e. The van der Waals surface area contributed by atoms with Crippen LogP contribution in [0.15, 0.2) is 77.4 Å². The molecule has 0 aliphatic carbocycles. The van der Waals surface area contributed by atoms with Gasteiger partial charge in [0.25, 0.3) is 5.91 Å². The maximum Gasteiger partial charge on any atom is 0.261 e. The molecule has 0 fully saturated rings. The summed E-state index contributed by atoms with van der Waals surface area (Å²) < 4.78 is 16.1. The van der Waals surface area contributed by atoms with Gasteiger partial charge in [0.2, 0.25) is 5.91 Å². The average molecular weight is 422 g/mol. The fraction of sp³-hybridized carbons (Fsp3) is 0.250. The molecule has 1 heterocycles.